The largest absolute Gasteiger partial charge is 0.309 e. The fraction of sp³-hybridized carbons (Fsp3) is 0.625. The third-order valence-electron chi connectivity index (χ3n) is 4.60. The zero-order valence-electron chi connectivity index (χ0n) is 12.3. The van der Waals surface area contributed by atoms with E-state index in [9.17, 15) is 0 Å². The van der Waals surface area contributed by atoms with E-state index < -0.39 is 0 Å². The number of alkyl halides is 1. The van der Waals surface area contributed by atoms with Gasteiger partial charge in [0, 0.05) is 24.5 Å². The lowest BCUT2D eigenvalue weighted by Crippen LogP contribution is -2.31. The number of nitrogens with zero attached hydrogens (tertiary/aromatic N) is 3. The van der Waals surface area contributed by atoms with Crippen LogP contribution in [0.5, 0.6) is 0 Å². The van der Waals surface area contributed by atoms with E-state index in [1.807, 2.05) is 18.3 Å². The van der Waals surface area contributed by atoms with Crippen molar-refractivity contribution in [2.75, 3.05) is 5.88 Å². The molecule has 0 bridgehead atoms. The van der Waals surface area contributed by atoms with Gasteiger partial charge in [0.2, 0.25) is 0 Å². The van der Waals surface area contributed by atoms with Crippen molar-refractivity contribution in [1.29, 1.82) is 0 Å². The summed E-state index contributed by atoms with van der Waals surface area (Å²) in [5.41, 5.74) is 2.31. The van der Waals surface area contributed by atoms with E-state index in [1.165, 1.54) is 25.7 Å². The molecule has 1 unspecified atom stereocenters. The molecule has 3 nitrogen and oxygen atoms in total. The van der Waals surface area contributed by atoms with Crippen LogP contribution in [0.4, 0.5) is 0 Å². The Balaban J connectivity index is 2.14. The smallest absolute Gasteiger partial charge is 0.160 e. The van der Waals surface area contributed by atoms with Crippen LogP contribution >= 0.6 is 11.6 Å². The molecule has 1 saturated carbocycles. The van der Waals surface area contributed by atoms with Crippen molar-refractivity contribution in [3.05, 3.63) is 24.2 Å². The average molecular weight is 292 g/mol. The number of aryl methyl sites for hydroxylation is 1. The van der Waals surface area contributed by atoms with Crippen LogP contribution in [-0.2, 0) is 6.42 Å². The first-order chi connectivity index (χ1) is 9.63. The van der Waals surface area contributed by atoms with Gasteiger partial charge >= 0.3 is 0 Å². The Kier molecular flexibility index (Phi) is 3.72. The molecule has 0 radical (unpaired) electrons. The minimum Gasteiger partial charge on any atom is -0.309 e. The Morgan fingerprint density at radius 2 is 2.25 bits per heavy atom. The van der Waals surface area contributed by atoms with Crippen LogP contribution < -0.4 is 0 Å². The van der Waals surface area contributed by atoms with E-state index in [2.05, 4.69) is 23.4 Å². The summed E-state index contributed by atoms with van der Waals surface area (Å²) in [5, 5.41) is 0. The van der Waals surface area contributed by atoms with Crippen molar-refractivity contribution in [1.82, 2.24) is 14.5 Å². The van der Waals surface area contributed by atoms with Crippen LogP contribution in [-0.4, -0.2) is 20.4 Å². The molecule has 1 atom stereocenters. The Morgan fingerprint density at radius 1 is 1.40 bits per heavy atom. The molecule has 2 aromatic rings. The van der Waals surface area contributed by atoms with E-state index >= 15 is 0 Å². The molecular weight excluding hydrogens is 270 g/mol. The van der Waals surface area contributed by atoms with Gasteiger partial charge in [-0.25, -0.2) is 9.97 Å². The lowest BCUT2D eigenvalue weighted by molar-refractivity contribution is 0.144. The summed E-state index contributed by atoms with van der Waals surface area (Å²) >= 11 is 5.97. The molecular formula is C16H22ClN3. The number of hydrogen-bond donors (Lipinski definition) is 0. The van der Waals surface area contributed by atoms with Crippen molar-refractivity contribution < 1.29 is 0 Å². The topological polar surface area (TPSA) is 30.7 Å². The van der Waals surface area contributed by atoms with Crippen LogP contribution in [0, 0.1) is 5.41 Å². The van der Waals surface area contributed by atoms with Crippen LogP contribution in [0.15, 0.2) is 18.3 Å². The predicted molar refractivity (Wildman–Crippen MR) is 83.2 cm³/mol. The number of rotatable bonds is 3. The minimum absolute atomic E-state index is 0.296. The summed E-state index contributed by atoms with van der Waals surface area (Å²) < 4.78 is 2.37. The fourth-order valence-electron chi connectivity index (χ4n) is 3.52. The molecule has 2 aromatic heterocycles. The van der Waals surface area contributed by atoms with Gasteiger partial charge in [0.05, 0.1) is 0 Å². The van der Waals surface area contributed by atoms with E-state index in [4.69, 9.17) is 16.6 Å². The first-order valence-corrected chi connectivity index (χ1v) is 8.05. The summed E-state index contributed by atoms with van der Waals surface area (Å²) in [4.78, 5) is 9.34. The van der Waals surface area contributed by atoms with Crippen LogP contribution in [0.1, 0.15) is 51.4 Å². The Labute approximate surface area is 125 Å². The van der Waals surface area contributed by atoms with Crippen molar-refractivity contribution in [2.24, 2.45) is 5.41 Å². The van der Waals surface area contributed by atoms with Crippen molar-refractivity contribution in [3.63, 3.8) is 0 Å². The number of imidazole rings is 1. The molecule has 1 fully saturated rings. The standard InChI is InChI=1S/C16H22ClN3/c1-16(2)9-4-3-7-13(16)20-14(8-10-17)19-12-6-5-11-18-15(12)20/h5-6,11,13H,3-4,7-10H2,1-2H3. The van der Waals surface area contributed by atoms with E-state index in [0.717, 1.165) is 23.4 Å². The zero-order chi connectivity index (χ0) is 14.2. The molecule has 4 heteroatoms. The number of aromatic nitrogens is 3. The molecule has 0 saturated heterocycles. The third kappa shape index (κ3) is 2.32. The molecule has 20 heavy (non-hydrogen) atoms. The van der Waals surface area contributed by atoms with E-state index in [1.54, 1.807) is 0 Å². The summed E-state index contributed by atoms with van der Waals surface area (Å²) in [6, 6.07) is 4.48. The molecule has 0 amide bonds. The zero-order valence-corrected chi connectivity index (χ0v) is 13.0. The highest BCUT2D eigenvalue weighted by atomic mass is 35.5. The molecule has 0 aliphatic heterocycles. The van der Waals surface area contributed by atoms with Gasteiger partial charge in [-0.15, -0.1) is 11.6 Å². The SMILES string of the molecule is CC1(C)CCCCC1n1c(CCCl)nc2cccnc21. The average Bonchev–Trinajstić information content (AvgIpc) is 2.77. The van der Waals surface area contributed by atoms with E-state index in [-0.39, 0.29) is 0 Å². The molecule has 0 aromatic carbocycles. The van der Waals surface area contributed by atoms with Gasteiger partial charge in [-0.2, -0.15) is 0 Å². The van der Waals surface area contributed by atoms with Crippen molar-refractivity contribution in [2.45, 2.75) is 52.0 Å². The maximum absolute atomic E-state index is 5.97. The maximum atomic E-state index is 5.97. The Morgan fingerprint density at radius 3 is 3.00 bits per heavy atom. The second-order valence-corrected chi connectivity index (χ2v) is 6.81. The second-order valence-electron chi connectivity index (χ2n) is 6.43. The molecule has 0 spiro atoms. The Bertz CT molecular complexity index is 603. The van der Waals surface area contributed by atoms with Gasteiger partial charge in [0.1, 0.15) is 11.3 Å². The van der Waals surface area contributed by atoms with Crippen LogP contribution in [0.25, 0.3) is 11.2 Å². The van der Waals surface area contributed by atoms with Crippen LogP contribution in [0.3, 0.4) is 0 Å². The minimum atomic E-state index is 0.296. The quantitative estimate of drug-likeness (QED) is 0.787. The number of halogens is 1. The first-order valence-electron chi connectivity index (χ1n) is 7.51. The monoisotopic (exact) mass is 291 g/mol. The molecule has 108 valence electrons. The van der Waals surface area contributed by atoms with Crippen LogP contribution in [0.2, 0.25) is 0 Å². The van der Waals surface area contributed by atoms with E-state index in [0.29, 0.717) is 17.3 Å². The molecule has 1 aliphatic carbocycles. The number of hydrogen-bond acceptors (Lipinski definition) is 2. The highest BCUT2D eigenvalue weighted by Gasteiger charge is 2.35. The summed E-state index contributed by atoms with van der Waals surface area (Å²) in [6.07, 6.45) is 7.77. The van der Waals surface area contributed by atoms with Gasteiger partial charge in [0.15, 0.2) is 5.65 Å². The van der Waals surface area contributed by atoms with Gasteiger partial charge in [-0.05, 0) is 30.4 Å². The summed E-state index contributed by atoms with van der Waals surface area (Å²) in [5.74, 6) is 1.70. The summed E-state index contributed by atoms with van der Waals surface area (Å²) in [6.45, 7) is 4.74. The van der Waals surface area contributed by atoms with Gasteiger partial charge < -0.3 is 4.57 Å². The van der Waals surface area contributed by atoms with Gasteiger partial charge in [-0.3, -0.25) is 0 Å². The van der Waals surface area contributed by atoms with Crippen molar-refractivity contribution >= 4 is 22.8 Å². The highest BCUT2D eigenvalue weighted by Crippen LogP contribution is 2.45. The molecule has 1 aliphatic rings. The first kappa shape index (κ1) is 13.9. The molecule has 2 heterocycles. The maximum Gasteiger partial charge on any atom is 0.160 e. The lowest BCUT2D eigenvalue weighted by atomic mass is 9.73. The second kappa shape index (κ2) is 5.36. The Hall–Kier alpha value is -1.09. The number of pyridine rings is 1. The third-order valence-corrected chi connectivity index (χ3v) is 4.79. The number of fused-ring (bicyclic) bond motifs is 1. The summed E-state index contributed by atoms with van der Waals surface area (Å²) in [7, 11) is 0. The molecule has 3 rings (SSSR count). The lowest BCUT2D eigenvalue weighted by Gasteiger charge is -2.40. The molecule has 0 N–H and O–H groups in total. The normalized spacial score (nSPS) is 22.2. The van der Waals surface area contributed by atoms with Gasteiger partial charge in [-0.1, -0.05) is 26.7 Å². The predicted octanol–water partition coefficient (Wildman–Crippen LogP) is 4.35. The van der Waals surface area contributed by atoms with Crippen molar-refractivity contribution in [3.8, 4) is 0 Å². The highest BCUT2D eigenvalue weighted by molar-refractivity contribution is 6.17. The fourth-order valence-corrected chi connectivity index (χ4v) is 3.69. The van der Waals surface area contributed by atoms with Gasteiger partial charge in [0.25, 0.3) is 0 Å².